The first-order valence-corrected chi connectivity index (χ1v) is 8.28. The molecule has 0 spiro atoms. The highest BCUT2D eigenvalue weighted by atomic mass is 32.2. The van der Waals surface area contributed by atoms with Crippen molar-refractivity contribution in [2.75, 3.05) is 17.7 Å². The third-order valence-electron chi connectivity index (χ3n) is 3.22. The summed E-state index contributed by atoms with van der Waals surface area (Å²) in [5.41, 5.74) is 1.11. The van der Waals surface area contributed by atoms with E-state index in [1.165, 1.54) is 0 Å². The number of hydrogen-bond donors (Lipinski definition) is 2. The highest BCUT2D eigenvalue weighted by Gasteiger charge is 2.11. The number of amides is 1. The molecule has 1 aromatic rings. The van der Waals surface area contributed by atoms with E-state index in [0.29, 0.717) is 18.2 Å². The van der Waals surface area contributed by atoms with Crippen LogP contribution < -0.4 is 5.32 Å². The lowest BCUT2D eigenvalue weighted by molar-refractivity contribution is -0.117. The van der Waals surface area contributed by atoms with Crippen LogP contribution in [0.4, 0.5) is 5.82 Å². The summed E-state index contributed by atoms with van der Waals surface area (Å²) in [5, 5.41) is 11.6. The van der Waals surface area contributed by atoms with Gasteiger partial charge in [-0.05, 0) is 23.6 Å². The minimum absolute atomic E-state index is 0.0337. The molecule has 1 aromatic heterocycles. The van der Waals surface area contributed by atoms with Crippen LogP contribution in [0, 0.1) is 5.92 Å². The van der Waals surface area contributed by atoms with Gasteiger partial charge in [-0.3, -0.25) is 4.79 Å². The van der Waals surface area contributed by atoms with Crippen molar-refractivity contribution in [1.29, 1.82) is 0 Å². The number of carbonyl (C=O) groups excluding carboxylic acids is 1. The molecule has 0 aromatic carbocycles. The number of aliphatic hydroxyl groups excluding tert-OH is 1. The summed E-state index contributed by atoms with van der Waals surface area (Å²) in [6.45, 7) is 4.41. The summed E-state index contributed by atoms with van der Waals surface area (Å²) >= 11 is 1.66. The molecule has 0 radical (unpaired) electrons. The number of thioether (sulfide) groups is 1. The zero-order chi connectivity index (χ0) is 14.8. The summed E-state index contributed by atoms with van der Waals surface area (Å²) in [5.74, 6) is 2.63. The Labute approximate surface area is 125 Å². The number of nitrogens with zero attached hydrogens (tertiary/aromatic N) is 1. The molecule has 1 rings (SSSR count). The molecular weight excluding hydrogens is 272 g/mol. The van der Waals surface area contributed by atoms with Crippen LogP contribution in [0.2, 0.25) is 0 Å². The molecule has 0 unspecified atom stereocenters. The Hall–Kier alpha value is -1.07. The Kier molecular flexibility index (Phi) is 8.30. The predicted molar refractivity (Wildman–Crippen MR) is 84.8 cm³/mol. The lowest BCUT2D eigenvalue weighted by atomic mass is 9.99. The Balaban J connectivity index is 2.50. The largest absolute Gasteiger partial charge is 0.396 e. The van der Waals surface area contributed by atoms with E-state index < -0.39 is 0 Å². The first-order chi connectivity index (χ1) is 9.69. The molecule has 20 heavy (non-hydrogen) atoms. The highest BCUT2D eigenvalue weighted by molar-refractivity contribution is 7.98. The second kappa shape index (κ2) is 9.77. The van der Waals surface area contributed by atoms with E-state index in [1.807, 2.05) is 12.1 Å². The average Bonchev–Trinajstić information content (AvgIpc) is 2.45. The van der Waals surface area contributed by atoms with Crippen molar-refractivity contribution in [3.05, 3.63) is 23.9 Å². The van der Waals surface area contributed by atoms with Gasteiger partial charge in [0.1, 0.15) is 5.82 Å². The van der Waals surface area contributed by atoms with E-state index in [9.17, 15) is 4.79 Å². The first-order valence-electron chi connectivity index (χ1n) is 7.12. The number of nitrogens with one attached hydrogen (secondary N) is 1. The molecule has 0 saturated heterocycles. The van der Waals surface area contributed by atoms with Crippen molar-refractivity contribution in [2.45, 2.75) is 38.9 Å². The number of hydrogen-bond acceptors (Lipinski definition) is 4. The number of aliphatic hydroxyl groups is 1. The maximum absolute atomic E-state index is 11.9. The third kappa shape index (κ3) is 6.39. The van der Waals surface area contributed by atoms with Gasteiger partial charge in [-0.15, -0.1) is 0 Å². The average molecular weight is 296 g/mol. The number of anilines is 1. The molecular formula is C15H24N2O2S. The van der Waals surface area contributed by atoms with Crippen LogP contribution in [0.15, 0.2) is 18.3 Å². The lowest BCUT2D eigenvalue weighted by Crippen LogP contribution is -2.16. The van der Waals surface area contributed by atoms with Crippen LogP contribution in [-0.4, -0.2) is 28.4 Å². The Morgan fingerprint density at radius 2 is 2.20 bits per heavy atom. The second-order valence-electron chi connectivity index (χ2n) is 4.76. The number of carbonyl (C=O) groups is 1. The van der Waals surface area contributed by atoms with Gasteiger partial charge in [-0.2, -0.15) is 11.8 Å². The fourth-order valence-corrected chi connectivity index (χ4v) is 2.61. The number of rotatable bonds is 9. The normalized spacial score (nSPS) is 10.8. The van der Waals surface area contributed by atoms with Gasteiger partial charge in [0.15, 0.2) is 0 Å². The summed E-state index contributed by atoms with van der Waals surface area (Å²) in [4.78, 5) is 16.1. The van der Waals surface area contributed by atoms with Gasteiger partial charge in [-0.25, -0.2) is 4.98 Å². The molecule has 0 fully saturated rings. The van der Waals surface area contributed by atoms with Gasteiger partial charge in [0.05, 0.1) is 6.61 Å². The first kappa shape index (κ1) is 17.0. The van der Waals surface area contributed by atoms with Crippen LogP contribution in [-0.2, 0) is 10.5 Å². The second-order valence-corrected chi connectivity index (χ2v) is 5.87. The van der Waals surface area contributed by atoms with E-state index in [1.54, 1.807) is 18.0 Å². The third-order valence-corrected chi connectivity index (χ3v) is 4.23. The number of pyridine rings is 1. The zero-order valence-electron chi connectivity index (χ0n) is 12.3. The molecule has 0 aliphatic carbocycles. The molecule has 0 atom stereocenters. The molecule has 4 nitrogen and oxygen atoms in total. The van der Waals surface area contributed by atoms with Crippen LogP contribution >= 0.6 is 11.8 Å². The van der Waals surface area contributed by atoms with Gasteiger partial charge < -0.3 is 10.4 Å². The molecule has 5 heteroatoms. The quantitative estimate of drug-likeness (QED) is 0.687. The maximum atomic E-state index is 11.9. The molecule has 0 aliphatic heterocycles. The van der Waals surface area contributed by atoms with Gasteiger partial charge in [0, 0.05) is 24.1 Å². The minimum Gasteiger partial charge on any atom is -0.396 e. The van der Waals surface area contributed by atoms with Crippen molar-refractivity contribution in [2.24, 2.45) is 5.92 Å². The molecule has 0 bridgehead atoms. The monoisotopic (exact) mass is 296 g/mol. The van der Waals surface area contributed by atoms with Crippen LogP contribution in [0.3, 0.4) is 0 Å². The fraction of sp³-hybridized carbons (Fsp3) is 0.600. The molecule has 1 amide bonds. The smallest absolute Gasteiger partial charge is 0.225 e. The molecule has 1 heterocycles. The van der Waals surface area contributed by atoms with Crippen molar-refractivity contribution < 1.29 is 9.90 Å². The maximum Gasteiger partial charge on any atom is 0.225 e. The van der Waals surface area contributed by atoms with Crippen molar-refractivity contribution in [1.82, 2.24) is 4.98 Å². The van der Waals surface area contributed by atoms with Crippen molar-refractivity contribution in [3.63, 3.8) is 0 Å². The summed E-state index contributed by atoms with van der Waals surface area (Å²) < 4.78 is 0. The van der Waals surface area contributed by atoms with E-state index in [4.69, 9.17) is 5.11 Å². The van der Waals surface area contributed by atoms with E-state index >= 15 is 0 Å². The van der Waals surface area contributed by atoms with Crippen LogP contribution in [0.5, 0.6) is 0 Å². The van der Waals surface area contributed by atoms with Crippen LogP contribution in [0.1, 0.15) is 38.7 Å². The van der Waals surface area contributed by atoms with Gasteiger partial charge in [-0.1, -0.05) is 26.7 Å². The molecule has 112 valence electrons. The van der Waals surface area contributed by atoms with Crippen molar-refractivity contribution >= 4 is 23.5 Å². The van der Waals surface area contributed by atoms with Gasteiger partial charge in [0.2, 0.25) is 5.91 Å². The summed E-state index contributed by atoms with van der Waals surface area (Å²) in [7, 11) is 0. The molecule has 2 N–H and O–H groups in total. The Morgan fingerprint density at radius 1 is 1.45 bits per heavy atom. The Bertz CT molecular complexity index is 409. The van der Waals surface area contributed by atoms with Gasteiger partial charge >= 0.3 is 0 Å². The minimum atomic E-state index is 0.0337. The zero-order valence-corrected chi connectivity index (χ0v) is 13.1. The highest BCUT2D eigenvalue weighted by Crippen LogP contribution is 2.16. The van der Waals surface area contributed by atoms with E-state index in [2.05, 4.69) is 24.1 Å². The fourth-order valence-electron chi connectivity index (χ4n) is 1.92. The standard InChI is InChI=1S/C15H24N2O2S/c1-3-12(4-2)10-15(19)17-14-9-13(5-6-16-14)11-20-8-7-18/h5-6,9,12,18H,3-4,7-8,10-11H2,1-2H3,(H,16,17,19). The molecule has 0 saturated carbocycles. The summed E-state index contributed by atoms with van der Waals surface area (Å²) in [6.07, 6.45) is 4.31. The van der Waals surface area contributed by atoms with E-state index in [-0.39, 0.29) is 12.5 Å². The molecule has 0 aliphatic rings. The number of aromatic nitrogens is 1. The van der Waals surface area contributed by atoms with Gasteiger partial charge in [0.25, 0.3) is 0 Å². The van der Waals surface area contributed by atoms with E-state index in [0.717, 1.165) is 29.9 Å². The Morgan fingerprint density at radius 3 is 2.85 bits per heavy atom. The predicted octanol–water partition coefficient (Wildman–Crippen LogP) is 3.07. The lowest BCUT2D eigenvalue weighted by Gasteiger charge is -2.12. The SMILES string of the molecule is CCC(CC)CC(=O)Nc1cc(CSCCO)ccn1. The summed E-state index contributed by atoms with van der Waals surface area (Å²) in [6, 6.07) is 3.83. The van der Waals surface area contributed by atoms with Crippen molar-refractivity contribution in [3.8, 4) is 0 Å². The topological polar surface area (TPSA) is 62.2 Å². The van der Waals surface area contributed by atoms with Crippen LogP contribution in [0.25, 0.3) is 0 Å².